The minimum absolute atomic E-state index is 0.619. The monoisotopic (exact) mass is 423 g/mol. The summed E-state index contributed by atoms with van der Waals surface area (Å²) in [5, 5.41) is 9.42. The number of aromatic nitrogens is 4. The smallest absolute Gasteiger partial charge is 0.183 e. The van der Waals surface area contributed by atoms with E-state index in [-0.39, 0.29) is 0 Å². The Balaban J connectivity index is 1.52. The number of morpholine rings is 1. The van der Waals surface area contributed by atoms with Gasteiger partial charge in [0.15, 0.2) is 11.5 Å². The average Bonchev–Trinajstić information content (AvgIpc) is 3.21. The Labute approximate surface area is 179 Å². The van der Waals surface area contributed by atoms with E-state index in [2.05, 4.69) is 15.1 Å². The van der Waals surface area contributed by atoms with Crippen LogP contribution < -0.4 is 4.74 Å². The molecule has 0 bridgehead atoms. The number of hydrogen-bond donors (Lipinski definition) is 0. The van der Waals surface area contributed by atoms with Gasteiger partial charge in [-0.05, 0) is 31.2 Å². The number of halogens is 1. The van der Waals surface area contributed by atoms with Crippen molar-refractivity contribution in [2.24, 2.45) is 0 Å². The van der Waals surface area contributed by atoms with Gasteiger partial charge in [-0.15, -0.1) is 10.2 Å². The molecule has 2 aromatic carbocycles. The summed E-state index contributed by atoms with van der Waals surface area (Å²) in [6, 6.07) is 13.6. The molecule has 4 aromatic rings. The molecule has 154 valence electrons. The molecule has 0 saturated carbocycles. The maximum Gasteiger partial charge on any atom is 0.183 e. The summed E-state index contributed by atoms with van der Waals surface area (Å²) < 4.78 is 13.5. The first kappa shape index (κ1) is 19.2. The molecular formula is C22H22ClN5O2. The molecule has 7 nitrogen and oxygen atoms in total. The lowest BCUT2D eigenvalue weighted by atomic mass is 10.2. The second kappa shape index (κ2) is 8.18. The van der Waals surface area contributed by atoms with Crippen LogP contribution in [0.2, 0.25) is 5.02 Å². The summed E-state index contributed by atoms with van der Waals surface area (Å²) in [6.07, 6.45) is 0. The van der Waals surface area contributed by atoms with Crippen LogP contribution in [0.5, 0.6) is 5.75 Å². The van der Waals surface area contributed by atoms with Crippen molar-refractivity contribution < 1.29 is 9.47 Å². The number of fused-ring (bicyclic) bond motifs is 3. The van der Waals surface area contributed by atoms with E-state index < -0.39 is 0 Å². The molecule has 2 aromatic heterocycles. The highest BCUT2D eigenvalue weighted by Gasteiger charge is 2.17. The Bertz CT molecular complexity index is 1200. The summed E-state index contributed by atoms with van der Waals surface area (Å²) in [4.78, 5) is 7.04. The van der Waals surface area contributed by atoms with Crippen LogP contribution in [-0.4, -0.2) is 63.9 Å². The Hall–Kier alpha value is -2.74. The van der Waals surface area contributed by atoms with E-state index in [1.807, 2.05) is 53.8 Å². The van der Waals surface area contributed by atoms with Gasteiger partial charge in [0.05, 0.1) is 35.0 Å². The molecule has 0 radical (unpaired) electrons. The topological polar surface area (TPSA) is 64.8 Å². The summed E-state index contributed by atoms with van der Waals surface area (Å²) >= 11 is 6.45. The van der Waals surface area contributed by atoms with Crippen LogP contribution in [0, 0.1) is 6.92 Å². The van der Waals surface area contributed by atoms with Crippen LogP contribution >= 0.6 is 11.6 Å². The van der Waals surface area contributed by atoms with Crippen LogP contribution in [0.15, 0.2) is 42.5 Å². The van der Waals surface area contributed by atoms with Gasteiger partial charge in [0.1, 0.15) is 12.4 Å². The third-order valence-electron chi connectivity index (χ3n) is 5.36. The van der Waals surface area contributed by atoms with E-state index in [9.17, 15) is 0 Å². The highest BCUT2D eigenvalue weighted by atomic mass is 35.5. The molecule has 0 atom stereocenters. The summed E-state index contributed by atoms with van der Waals surface area (Å²) in [7, 11) is 0. The molecule has 0 aliphatic carbocycles. The second-order valence-corrected chi connectivity index (χ2v) is 7.72. The Morgan fingerprint density at radius 2 is 1.93 bits per heavy atom. The fourth-order valence-electron chi connectivity index (χ4n) is 3.78. The van der Waals surface area contributed by atoms with Crippen molar-refractivity contribution in [1.29, 1.82) is 0 Å². The number of benzene rings is 2. The molecular weight excluding hydrogens is 402 g/mol. The first-order chi connectivity index (χ1) is 14.7. The fraction of sp³-hybridized carbons (Fsp3) is 0.318. The van der Waals surface area contributed by atoms with Gasteiger partial charge in [-0.2, -0.15) is 0 Å². The zero-order valence-corrected chi connectivity index (χ0v) is 17.5. The van der Waals surface area contributed by atoms with Crippen LogP contribution in [0.3, 0.4) is 0 Å². The van der Waals surface area contributed by atoms with Crippen molar-refractivity contribution in [3.05, 3.63) is 53.2 Å². The van der Waals surface area contributed by atoms with Crippen molar-refractivity contribution in [2.45, 2.75) is 6.92 Å². The zero-order valence-electron chi connectivity index (χ0n) is 16.7. The SMILES string of the molecule is Cc1nc2ccc(OCCN3CCOCC3)cc2n2c(-c3ccccc3Cl)nnc12. The normalized spacial score (nSPS) is 15.1. The molecule has 3 heterocycles. The van der Waals surface area contributed by atoms with Crippen LogP contribution in [0.1, 0.15) is 5.69 Å². The van der Waals surface area contributed by atoms with Gasteiger partial charge >= 0.3 is 0 Å². The first-order valence-electron chi connectivity index (χ1n) is 10.0. The number of hydrogen-bond acceptors (Lipinski definition) is 6. The molecule has 0 spiro atoms. The van der Waals surface area contributed by atoms with E-state index in [4.69, 9.17) is 26.1 Å². The number of aryl methyl sites for hydroxylation is 1. The Morgan fingerprint density at radius 3 is 2.77 bits per heavy atom. The van der Waals surface area contributed by atoms with E-state index in [1.54, 1.807) is 0 Å². The molecule has 1 fully saturated rings. The van der Waals surface area contributed by atoms with Crippen molar-refractivity contribution >= 4 is 28.3 Å². The van der Waals surface area contributed by atoms with Gasteiger partial charge in [-0.25, -0.2) is 4.98 Å². The van der Waals surface area contributed by atoms with Gasteiger partial charge in [0.25, 0.3) is 0 Å². The molecule has 5 rings (SSSR count). The summed E-state index contributed by atoms with van der Waals surface area (Å²) in [5.74, 6) is 1.48. The molecule has 0 amide bonds. The highest BCUT2D eigenvalue weighted by Crippen LogP contribution is 2.30. The first-order valence-corrected chi connectivity index (χ1v) is 10.4. The minimum atomic E-state index is 0.619. The van der Waals surface area contributed by atoms with Gasteiger partial charge in [-0.1, -0.05) is 23.7 Å². The van der Waals surface area contributed by atoms with E-state index >= 15 is 0 Å². The van der Waals surface area contributed by atoms with Crippen molar-refractivity contribution in [2.75, 3.05) is 39.5 Å². The van der Waals surface area contributed by atoms with Gasteiger partial charge in [-0.3, -0.25) is 9.30 Å². The molecule has 30 heavy (non-hydrogen) atoms. The third-order valence-corrected chi connectivity index (χ3v) is 5.69. The predicted octanol–water partition coefficient (Wildman–Crippen LogP) is 3.62. The van der Waals surface area contributed by atoms with Gasteiger partial charge in [0, 0.05) is 31.3 Å². The lowest BCUT2D eigenvalue weighted by Gasteiger charge is -2.26. The predicted molar refractivity (Wildman–Crippen MR) is 116 cm³/mol. The van der Waals surface area contributed by atoms with Crippen LogP contribution in [0.4, 0.5) is 0 Å². The quantitative estimate of drug-likeness (QED) is 0.488. The van der Waals surface area contributed by atoms with E-state index in [0.29, 0.717) is 23.1 Å². The second-order valence-electron chi connectivity index (χ2n) is 7.31. The number of ether oxygens (including phenoxy) is 2. The number of rotatable bonds is 5. The lowest BCUT2D eigenvalue weighted by Crippen LogP contribution is -2.38. The molecule has 0 N–H and O–H groups in total. The van der Waals surface area contributed by atoms with E-state index in [1.165, 1.54) is 0 Å². The maximum absolute atomic E-state index is 6.45. The largest absolute Gasteiger partial charge is 0.492 e. The molecule has 8 heteroatoms. The highest BCUT2D eigenvalue weighted by molar-refractivity contribution is 6.33. The third kappa shape index (κ3) is 3.60. The van der Waals surface area contributed by atoms with E-state index in [0.717, 1.165) is 60.9 Å². The van der Waals surface area contributed by atoms with Crippen molar-refractivity contribution in [3.8, 4) is 17.1 Å². The zero-order chi connectivity index (χ0) is 20.5. The van der Waals surface area contributed by atoms with Gasteiger partial charge < -0.3 is 9.47 Å². The van der Waals surface area contributed by atoms with Crippen LogP contribution in [0.25, 0.3) is 28.1 Å². The molecule has 1 aliphatic heterocycles. The molecule has 1 saturated heterocycles. The summed E-state index contributed by atoms with van der Waals surface area (Å²) in [5.41, 5.74) is 4.10. The molecule has 1 aliphatic rings. The number of nitrogens with zero attached hydrogens (tertiary/aromatic N) is 5. The lowest BCUT2D eigenvalue weighted by molar-refractivity contribution is 0.0322. The van der Waals surface area contributed by atoms with Crippen molar-refractivity contribution in [3.63, 3.8) is 0 Å². The fourth-order valence-corrected chi connectivity index (χ4v) is 4.00. The maximum atomic E-state index is 6.45. The Kier molecular flexibility index (Phi) is 5.25. The summed E-state index contributed by atoms with van der Waals surface area (Å²) in [6.45, 7) is 6.91. The van der Waals surface area contributed by atoms with Crippen molar-refractivity contribution in [1.82, 2.24) is 24.5 Å². The average molecular weight is 424 g/mol. The van der Waals surface area contributed by atoms with Gasteiger partial charge in [0.2, 0.25) is 0 Å². The Morgan fingerprint density at radius 1 is 1.10 bits per heavy atom. The van der Waals surface area contributed by atoms with Crippen LogP contribution in [-0.2, 0) is 4.74 Å². The standard InChI is InChI=1S/C22H22ClN5O2/c1-15-21-25-26-22(17-4-2-3-5-18(17)23)28(21)20-14-16(6-7-19(20)24-15)30-13-10-27-8-11-29-12-9-27/h2-7,14H,8-13H2,1H3. The molecule has 0 unspecified atom stereocenters. The minimum Gasteiger partial charge on any atom is -0.492 e.